The molecule has 0 aliphatic rings. The quantitative estimate of drug-likeness (QED) is 0.320. The van der Waals surface area contributed by atoms with Crippen molar-refractivity contribution in [2.45, 2.75) is 20.3 Å². The van der Waals surface area contributed by atoms with Crippen molar-refractivity contribution < 1.29 is 9.59 Å². The first-order valence-electron chi connectivity index (χ1n) is 10.5. The summed E-state index contributed by atoms with van der Waals surface area (Å²) in [5, 5.41) is 0. The highest BCUT2D eigenvalue weighted by Gasteiger charge is 2.10. The maximum absolute atomic E-state index is 12.6. The third kappa shape index (κ3) is 4.39. The Morgan fingerprint density at radius 1 is 0.613 bits per heavy atom. The highest BCUT2D eigenvalue weighted by molar-refractivity contribution is 6.09. The van der Waals surface area contributed by atoms with Crippen LogP contribution in [0.3, 0.4) is 0 Å². The largest absolute Gasteiger partial charge is 0.294 e. The molecule has 4 rings (SSSR count). The van der Waals surface area contributed by atoms with Crippen molar-refractivity contribution in [3.63, 3.8) is 0 Å². The maximum atomic E-state index is 12.6. The van der Waals surface area contributed by atoms with E-state index in [0.29, 0.717) is 17.5 Å². The number of hydrogen-bond donors (Lipinski definition) is 0. The second kappa shape index (κ2) is 8.93. The number of Topliss-reactive ketones (excluding diaryl/α,β-unsaturated/α-hetero) is 1. The number of rotatable bonds is 6. The van der Waals surface area contributed by atoms with Crippen LogP contribution in [-0.2, 0) is 0 Å². The molecule has 4 aromatic carbocycles. The lowest BCUT2D eigenvalue weighted by molar-refractivity contribution is 0.0987. The van der Waals surface area contributed by atoms with Gasteiger partial charge in [-0.15, -0.1) is 0 Å². The number of carbonyl (C=O) groups excluding carboxylic acids is 2. The first-order valence-corrected chi connectivity index (χ1v) is 10.5. The van der Waals surface area contributed by atoms with Gasteiger partial charge < -0.3 is 0 Å². The zero-order valence-electron chi connectivity index (χ0n) is 17.8. The van der Waals surface area contributed by atoms with E-state index in [2.05, 4.69) is 25.1 Å². The molecule has 4 aromatic rings. The van der Waals surface area contributed by atoms with Crippen LogP contribution in [0.25, 0.3) is 22.3 Å². The highest BCUT2D eigenvalue weighted by Crippen LogP contribution is 2.29. The van der Waals surface area contributed by atoms with Gasteiger partial charge in [-0.3, -0.25) is 9.59 Å². The number of aryl methyl sites for hydroxylation is 1. The first kappa shape index (κ1) is 20.5. The van der Waals surface area contributed by atoms with Gasteiger partial charge in [0.1, 0.15) is 0 Å². The molecule has 0 saturated heterocycles. The Balaban J connectivity index is 1.57. The van der Waals surface area contributed by atoms with Gasteiger partial charge in [0.2, 0.25) is 0 Å². The Kier molecular flexibility index (Phi) is 5.90. The molecule has 0 saturated carbocycles. The van der Waals surface area contributed by atoms with Crippen LogP contribution < -0.4 is 0 Å². The molecule has 0 N–H and O–H groups in total. The van der Waals surface area contributed by atoms with Crippen LogP contribution in [0, 0.1) is 6.92 Å². The van der Waals surface area contributed by atoms with Gasteiger partial charge in [-0.05, 0) is 34.7 Å². The Morgan fingerprint density at radius 3 is 1.77 bits per heavy atom. The molecule has 0 atom stereocenters. The predicted octanol–water partition coefficient (Wildman–Crippen LogP) is 7.15. The molecule has 2 nitrogen and oxygen atoms in total. The summed E-state index contributed by atoms with van der Waals surface area (Å²) in [5.74, 6) is 0.191. The van der Waals surface area contributed by atoms with Gasteiger partial charge in [-0.25, -0.2) is 0 Å². The lowest BCUT2D eigenvalue weighted by atomic mass is 9.94. The molecule has 0 spiro atoms. The fourth-order valence-electron chi connectivity index (χ4n) is 3.78. The summed E-state index contributed by atoms with van der Waals surface area (Å²) in [7, 11) is 0. The van der Waals surface area contributed by atoms with Gasteiger partial charge in [-0.1, -0.05) is 104 Å². The Labute approximate surface area is 183 Å². The summed E-state index contributed by atoms with van der Waals surface area (Å²) in [6.45, 7) is 3.97. The summed E-state index contributed by atoms with van der Waals surface area (Å²) in [6.07, 6.45) is 0.517. The highest BCUT2D eigenvalue weighted by atomic mass is 16.1. The van der Waals surface area contributed by atoms with Gasteiger partial charge >= 0.3 is 0 Å². The van der Waals surface area contributed by atoms with E-state index in [1.807, 2.05) is 85.8 Å². The van der Waals surface area contributed by atoms with Crippen LogP contribution in [0.5, 0.6) is 0 Å². The van der Waals surface area contributed by atoms with Crippen LogP contribution in [-0.4, -0.2) is 11.6 Å². The van der Waals surface area contributed by atoms with Gasteiger partial charge in [0, 0.05) is 23.1 Å². The molecule has 0 unspecified atom stereocenters. The fraction of sp³-hybridized carbons (Fsp3) is 0.103. The van der Waals surface area contributed by atoms with Crippen LogP contribution in [0.15, 0.2) is 97.1 Å². The fourth-order valence-corrected chi connectivity index (χ4v) is 3.78. The first-order chi connectivity index (χ1) is 15.1. The summed E-state index contributed by atoms with van der Waals surface area (Å²) in [5.41, 5.74) is 7.72. The van der Waals surface area contributed by atoms with E-state index in [4.69, 9.17) is 0 Å². The van der Waals surface area contributed by atoms with Crippen molar-refractivity contribution in [2.24, 2.45) is 0 Å². The summed E-state index contributed by atoms with van der Waals surface area (Å²) < 4.78 is 0. The summed E-state index contributed by atoms with van der Waals surface area (Å²) >= 11 is 0. The molecule has 0 bridgehead atoms. The average molecular weight is 405 g/mol. The number of hydrogen-bond acceptors (Lipinski definition) is 2. The minimum absolute atomic E-state index is 0.0317. The Hall–Kier alpha value is -3.78. The number of ketones is 2. The van der Waals surface area contributed by atoms with Crippen LogP contribution >= 0.6 is 0 Å². The standard InChI is InChI=1S/C29H24O2/c1-3-28(30)23-13-9-21(10-14-23)26-17-18-27(20(2)19-26)22-11-15-25(16-12-22)29(31)24-7-5-4-6-8-24/h4-19H,3H2,1-2H3. The maximum Gasteiger partial charge on any atom is 0.193 e. The van der Waals surface area contributed by atoms with Crippen LogP contribution in [0.4, 0.5) is 0 Å². The van der Waals surface area contributed by atoms with E-state index in [-0.39, 0.29) is 11.6 Å². The van der Waals surface area contributed by atoms with Crippen molar-refractivity contribution in [1.82, 2.24) is 0 Å². The monoisotopic (exact) mass is 404 g/mol. The Bertz CT molecular complexity index is 1220. The van der Waals surface area contributed by atoms with E-state index >= 15 is 0 Å². The molecule has 0 aliphatic carbocycles. The molecule has 152 valence electrons. The molecule has 0 aromatic heterocycles. The average Bonchev–Trinajstić information content (AvgIpc) is 2.84. The molecule has 31 heavy (non-hydrogen) atoms. The van der Waals surface area contributed by atoms with Crippen molar-refractivity contribution in [3.8, 4) is 22.3 Å². The lowest BCUT2D eigenvalue weighted by Crippen LogP contribution is -2.00. The second-order valence-corrected chi connectivity index (χ2v) is 7.66. The molecular formula is C29H24O2. The molecule has 0 amide bonds. The third-order valence-corrected chi connectivity index (χ3v) is 5.58. The molecular weight excluding hydrogens is 380 g/mol. The van der Waals surface area contributed by atoms with Gasteiger partial charge in [0.15, 0.2) is 11.6 Å². The third-order valence-electron chi connectivity index (χ3n) is 5.58. The van der Waals surface area contributed by atoms with Gasteiger partial charge in [0.25, 0.3) is 0 Å². The molecule has 0 fully saturated rings. The van der Waals surface area contributed by atoms with Crippen LogP contribution in [0.2, 0.25) is 0 Å². The lowest BCUT2D eigenvalue weighted by Gasteiger charge is -2.11. The second-order valence-electron chi connectivity index (χ2n) is 7.66. The minimum Gasteiger partial charge on any atom is -0.294 e. The Morgan fingerprint density at radius 2 is 1.16 bits per heavy atom. The molecule has 2 heteroatoms. The SMILES string of the molecule is CCC(=O)c1ccc(-c2ccc(-c3ccc(C(=O)c4ccccc4)cc3)c(C)c2)cc1. The smallest absolute Gasteiger partial charge is 0.193 e. The minimum atomic E-state index is 0.0317. The van der Waals surface area contributed by atoms with E-state index in [1.54, 1.807) is 0 Å². The van der Waals surface area contributed by atoms with Crippen molar-refractivity contribution in [1.29, 1.82) is 0 Å². The van der Waals surface area contributed by atoms with Crippen LogP contribution in [0.1, 0.15) is 45.2 Å². The summed E-state index contributed by atoms with van der Waals surface area (Å²) in [4.78, 5) is 24.5. The van der Waals surface area contributed by atoms with Gasteiger partial charge in [0.05, 0.1) is 0 Å². The zero-order chi connectivity index (χ0) is 21.8. The topological polar surface area (TPSA) is 34.1 Å². The molecule has 0 radical (unpaired) electrons. The molecule has 0 heterocycles. The number of benzene rings is 4. The van der Waals surface area contributed by atoms with Crippen molar-refractivity contribution >= 4 is 11.6 Å². The van der Waals surface area contributed by atoms with Crippen molar-refractivity contribution in [3.05, 3.63) is 119 Å². The normalized spacial score (nSPS) is 10.6. The predicted molar refractivity (Wildman–Crippen MR) is 127 cm³/mol. The van der Waals surface area contributed by atoms with E-state index < -0.39 is 0 Å². The van der Waals surface area contributed by atoms with Gasteiger partial charge in [-0.2, -0.15) is 0 Å². The zero-order valence-corrected chi connectivity index (χ0v) is 17.8. The number of carbonyl (C=O) groups is 2. The van der Waals surface area contributed by atoms with E-state index in [0.717, 1.165) is 33.4 Å². The molecule has 0 aliphatic heterocycles. The van der Waals surface area contributed by atoms with E-state index in [9.17, 15) is 9.59 Å². The van der Waals surface area contributed by atoms with E-state index in [1.165, 1.54) is 0 Å². The van der Waals surface area contributed by atoms with Crippen molar-refractivity contribution in [2.75, 3.05) is 0 Å². The summed E-state index contributed by atoms with van der Waals surface area (Å²) in [6, 6.07) is 31.3.